The smallest absolute Gasteiger partial charge is 0.236 e. The molecule has 0 aliphatic heterocycles. The molecule has 0 bridgehead atoms. The monoisotopic (exact) mass is 349 g/mol. The molecule has 0 fully saturated rings. The number of carbonyl (C=O) groups is 2. The van der Waals surface area contributed by atoms with E-state index in [0.717, 1.165) is 30.9 Å². The number of carbonyl (C=O) groups excluding carboxylic acids is 2. The molecule has 26 heavy (non-hydrogen) atoms. The molecule has 0 saturated carbocycles. The van der Waals surface area contributed by atoms with Gasteiger partial charge in [0.05, 0.1) is 5.57 Å². The standard InChI is InChI=1S/C22H24N2O2/c1-3-24(4-2)15-19-20(23-14-16-10-6-5-7-11-16)17-12-8-9-13-18(17)21(25)22(19)26/h5-13,23H,3-4,14-15H2,1-2H3/p+1. The summed E-state index contributed by atoms with van der Waals surface area (Å²) in [6.45, 7) is 7.06. The van der Waals surface area contributed by atoms with Crippen LogP contribution in [0.5, 0.6) is 0 Å². The Labute approximate surface area is 154 Å². The number of nitrogens with zero attached hydrogens (tertiary/aromatic N) is 1. The summed E-state index contributed by atoms with van der Waals surface area (Å²) in [5.41, 5.74) is 4.09. The van der Waals surface area contributed by atoms with Crippen LogP contribution in [0.4, 0.5) is 0 Å². The van der Waals surface area contributed by atoms with Gasteiger partial charge in [-0.1, -0.05) is 62.4 Å². The van der Waals surface area contributed by atoms with Crippen LogP contribution in [0, 0.1) is 0 Å². The van der Waals surface area contributed by atoms with Crippen LogP contribution in [0.25, 0.3) is 5.70 Å². The third kappa shape index (κ3) is 3.66. The Morgan fingerprint density at radius 1 is 0.808 bits per heavy atom. The molecule has 0 unspecified atom stereocenters. The van der Waals surface area contributed by atoms with Crippen molar-refractivity contribution in [3.8, 4) is 0 Å². The summed E-state index contributed by atoms with van der Waals surface area (Å²) in [6.07, 6.45) is 0. The lowest BCUT2D eigenvalue weighted by molar-refractivity contribution is -0.580. The zero-order valence-electron chi connectivity index (χ0n) is 15.4. The van der Waals surface area contributed by atoms with E-state index < -0.39 is 0 Å². The minimum absolute atomic E-state index is 0.366. The van der Waals surface area contributed by atoms with Gasteiger partial charge in [-0.2, -0.15) is 0 Å². The van der Waals surface area contributed by atoms with Crippen LogP contribution >= 0.6 is 0 Å². The number of fused-ring (bicyclic) bond motifs is 1. The summed E-state index contributed by atoms with van der Waals surface area (Å²) >= 11 is 0. The van der Waals surface area contributed by atoms with Gasteiger partial charge in [0.2, 0.25) is 11.6 Å². The van der Waals surface area contributed by atoms with Crippen molar-refractivity contribution < 1.29 is 14.9 Å². The molecule has 0 radical (unpaired) electrons. The first kappa shape index (κ1) is 18.2. The highest BCUT2D eigenvalue weighted by molar-refractivity contribution is 6.52. The molecular formula is C22H25N2O2+. The quantitative estimate of drug-likeness (QED) is 0.780. The first-order chi connectivity index (χ1) is 12.7. The first-order valence-corrected chi connectivity index (χ1v) is 9.16. The maximum absolute atomic E-state index is 12.8. The number of hydrogen-bond acceptors (Lipinski definition) is 3. The molecule has 0 atom stereocenters. The molecule has 0 aromatic heterocycles. The van der Waals surface area contributed by atoms with Gasteiger partial charge < -0.3 is 5.32 Å². The van der Waals surface area contributed by atoms with Gasteiger partial charge in [0.1, 0.15) is 12.2 Å². The average molecular weight is 349 g/mol. The second kappa shape index (κ2) is 8.21. The second-order valence-corrected chi connectivity index (χ2v) is 6.45. The van der Waals surface area contributed by atoms with Crippen LogP contribution in [-0.2, 0) is 11.3 Å². The van der Waals surface area contributed by atoms with Gasteiger partial charge in [0.25, 0.3) is 0 Å². The SMILES string of the molecule is CCN(CC)CC1=C([NH2+]Cc2ccccc2)c2ccccc2C(=O)C1=O. The predicted molar refractivity (Wildman–Crippen MR) is 103 cm³/mol. The lowest BCUT2D eigenvalue weighted by Crippen LogP contribution is -2.80. The number of benzene rings is 2. The van der Waals surface area contributed by atoms with Crippen LogP contribution in [0.2, 0.25) is 0 Å². The van der Waals surface area contributed by atoms with Gasteiger partial charge in [-0.25, -0.2) is 0 Å². The zero-order chi connectivity index (χ0) is 18.5. The molecule has 4 heteroatoms. The van der Waals surface area contributed by atoms with E-state index in [2.05, 4.69) is 36.2 Å². The molecule has 0 spiro atoms. The van der Waals surface area contributed by atoms with Crippen LogP contribution in [0.3, 0.4) is 0 Å². The Morgan fingerprint density at radius 3 is 2.08 bits per heavy atom. The lowest BCUT2D eigenvalue weighted by Gasteiger charge is -2.24. The van der Waals surface area contributed by atoms with Crippen LogP contribution < -0.4 is 5.32 Å². The number of Topliss-reactive ketones (excluding diaryl/α,β-unsaturated/α-hetero) is 2. The Balaban J connectivity index is 2.02. The average Bonchev–Trinajstić information content (AvgIpc) is 2.69. The molecule has 1 aliphatic carbocycles. The molecule has 2 aromatic carbocycles. The number of hydrogen-bond donors (Lipinski definition) is 1. The Kier molecular flexibility index (Phi) is 5.76. The number of nitrogens with two attached hydrogens (primary N) is 1. The number of quaternary nitrogens is 1. The minimum atomic E-state index is -0.389. The Hall–Kier alpha value is -2.56. The van der Waals surface area contributed by atoms with E-state index in [9.17, 15) is 9.59 Å². The summed E-state index contributed by atoms with van der Waals surface area (Å²) in [4.78, 5) is 27.6. The van der Waals surface area contributed by atoms with E-state index in [-0.39, 0.29) is 11.6 Å². The maximum Gasteiger partial charge on any atom is 0.236 e. The van der Waals surface area contributed by atoms with Crippen molar-refractivity contribution in [2.24, 2.45) is 0 Å². The lowest BCUT2D eigenvalue weighted by atomic mass is 9.87. The second-order valence-electron chi connectivity index (χ2n) is 6.45. The summed E-state index contributed by atoms with van der Waals surface area (Å²) in [6, 6.07) is 17.6. The molecule has 1 aliphatic rings. The van der Waals surface area contributed by atoms with Crippen LogP contribution in [-0.4, -0.2) is 36.1 Å². The summed E-state index contributed by atoms with van der Waals surface area (Å²) in [5.74, 6) is -0.755. The van der Waals surface area contributed by atoms with Crippen molar-refractivity contribution >= 4 is 17.3 Å². The van der Waals surface area contributed by atoms with Gasteiger partial charge in [0.15, 0.2) is 0 Å². The zero-order valence-corrected chi connectivity index (χ0v) is 15.4. The van der Waals surface area contributed by atoms with Gasteiger partial charge in [-0.3, -0.25) is 14.5 Å². The van der Waals surface area contributed by atoms with Crippen molar-refractivity contribution in [1.82, 2.24) is 4.90 Å². The molecular weight excluding hydrogens is 324 g/mol. The third-order valence-corrected chi connectivity index (χ3v) is 4.93. The van der Waals surface area contributed by atoms with Gasteiger partial charge in [-0.15, -0.1) is 0 Å². The predicted octanol–water partition coefficient (Wildman–Crippen LogP) is 2.27. The van der Waals surface area contributed by atoms with E-state index in [1.54, 1.807) is 6.07 Å². The highest BCUT2D eigenvalue weighted by Gasteiger charge is 2.35. The van der Waals surface area contributed by atoms with Gasteiger partial charge in [0, 0.05) is 23.2 Å². The molecule has 2 aromatic rings. The van der Waals surface area contributed by atoms with E-state index in [0.29, 0.717) is 17.7 Å². The summed E-state index contributed by atoms with van der Waals surface area (Å²) < 4.78 is 0. The number of rotatable bonds is 7. The van der Waals surface area contributed by atoms with E-state index >= 15 is 0 Å². The number of ketones is 2. The van der Waals surface area contributed by atoms with Crippen molar-refractivity contribution in [1.29, 1.82) is 0 Å². The van der Waals surface area contributed by atoms with Crippen molar-refractivity contribution in [2.45, 2.75) is 20.4 Å². The molecule has 0 amide bonds. The summed E-state index contributed by atoms with van der Waals surface area (Å²) in [7, 11) is 0. The molecule has 2 N–H and O–H groups in total. The van der Waals surface area contributed by atoms with E-state index in [1.807, 2.05) is 36.4 Å². The minimum Gasteiger partial charge on any atom is -0.309 e. The normalized spacial score (nSPS) is 14.1. The maximum atomic E-state index is 12.8. The fraction of sp³-hybridized carbons (Fsp3) is 0.273. The topological polar surface area (TPSA) is 54.0 Å². The molecule has 3 rings (SSSR count). The fourth-order valence-corrected chi connectivity index (χ4v) is 3.36. The first-order valence-electron chi connectivity index (χ1n) is 9.16. The fourth-order valence-electron chi connectivity index (χ4n) is 3.36. The van der Waals surface area contributed by atoms with E-state index in [1.165, 1.54) is 5.56 Å². The number of likely N-dealkylation sites (N-methyl/N-ethyl adjacent to an activating group) is 1. The molecule has 0 heterocycles. The molecule has 0 saturated heterocycles. The summed E-state index contributed by atoms with van der Waals surface area (Å²) in [5, 5.41) is 2.09. The Bertz CT molecular complexity index is 836. The van der Waals surface area contributed by atoms with Crippen molar-refractivity contribution in [3.05, 3.63) is 76.9 Å². The third-order valence-electron chi connectivity index (χ3n) is 4.93. The van der Waals surface area contributed by atoms with Crippen molar-refractivity contribution in [3.63, 3.8) is 0 Å². The highest BCUT2D eigenvalue weighted by atomic mass is 16.2. The largest absolute Gasteiger partial charge is 0.309 e. The molecule has 134 valence electrons. The Morgan fingerprint density at radius 2 is 1.42 bits per heavy atom. The van der Waals surface area contributed by atoms with Gasteiger partial charge in [-0.05, 0) is 19.2 Å². The molecule has 4 nitrogen and oxygen atoms in total. The van der Waals surface area contributed by atoms with Gasteiger partial charge >= 0.3 is 0 Å². The van der Waals surface area contributed by atoms with Crippen LogP contribution in [0.1, 0.15) is 35.3 Å². The van der Waals surface area contributed by atoms with E-state index in [4.69, 9.17) is 0 Å². The highest BCUT2D eigenvalue weighted by Crippen LogP contribution is 2.26. The van der Waals surface area contributed by atoms with Crippen molar-refractivity contribution in [2.75, 3.05) is 19.6 Å². The van der Waals surface area contributed by atoms with Crippen LogP contribution in [0.15, 0.2) is 60.2 Å².